The Hall–Kier alpha value is -3.85. The first-order chi connectivity index (χ1) is 17.7. The number of hydrogen-bond acceptors (Lipinski definition) is 2. The number of fused-ring (bicyclic) bond motifs is 1. The Bertz CT molecular complexity index is 1330. The van der Waals surface area contributed by atoms with Crippen LogP contribution in [0.25, 0.3) is 11.0 Å². The van der Waals surface area contributed by atoms with Gasteiger partial charge in [-0.3, -0.25) is 0 Å². The summed E-state index contributed by atoms with van der Waals surface area (Å²) < 4.78 is 8.50. The van der Waals surface area contributed by atoms with Gasteiger partial charge in [-0.05, 0) is 59.7 Å². The molecule has 0 aliphatic rings. The number of imidazole rings is 1. The normalized spacial score (nSPS) is 12.2. The van der Waals surface area contributed by atoms with Gasteiger partial charge in [-0.1, -0.05) is 98.8 Å². The molecule has 0 amide bonds. The molecule has 0 fully saturated rings. The molecule has 36 heavy (non-hydrogen) atoms. The predicted molar refractivity (Wildman–Crippen MR) is 149 cm³/mol. The standard InChI is InChI=1S/C33H34N2O/c1-3-25(2)26-19-21-29(22-20-26)36-24-12-23-35-31-18-11-10-17-30(31)34-33(35)32(27-13-6-4-7-14-27)28-15-8-5-9-16-28/h4-11,13-22,25,32H,3,12,23-24H2,1-2H3. The Labute approximate surface area is 214 Å². The van der Waals surface area contributed by atoms with E-state index in [0.29, 0.717) is 12.5 Å². The highest BCUT2D eigenvalue weighted by Gasteiger charge is 2.23. The zero-order valence-corrected chi connectivity index (χ0v) is 21.2. The minimum absolute atomic E-state index is 0.0637. The summed E-state index contributed by atoms with van der Waals surface area (Å²) in [4.78, 5) is 5.16. The monoisotopic (exact) mass is 474 g/mol. The van der Waals surface area contributed by atoms with E-state index in [4.69, 9.17) is 9.72 Å². The molecule has 1 unspecified atom stereocenters. The largest absolute Gasteiger partial charge is 0.494 e. The molecule has 0 radical (unpaired) electrons. The van der Waals surface area contributed by atoms with Gasteiger partial charge in [0.2, 0.25) is 0 Å². The lowest BCUT2D eigenvalue weighted by Crippen LogP contribution is -2.13. The SMILES string of the molecule is CCC(C)c1ccc(OCCCn2c(C(c3ccccc3)c3ccccc3)nc3ccccc32)cc1. The third kappa shape index (κ3) is 5.21. The lowest BCUT2D eigenvalue weighted by Gasteiger charge is -2.20. The highest BCUT2D eigenvalue weighted by molar-refractivity contribution is 5.76. The molecule has 0 N–H and O–H groups in total. The number of aromatic nitrogens is 2. The first-order valence-corrected chi connectivity index (χ1v) is 13.0. The summed E-state index contributed by atoms with van der Waals surface area (Å²) in [6.07, 6.45) is 2.05. The molecule has 1 aromatic heterocycles. The van der Waals surface area contributed by atoms with Crippen molar-refractivity contribution < 1.29 is 4.74 Å². The van der Waals surface area contributed by atoms with Crippen LogP contribution < -0.4 is 4.74 Å². The Morgan fingerprint density at radius 1 is 0.722 bits per heavy atom. The molecule has 0 spiro atoms. The molecule has 182 valence electrons. The van der Waals surface area contributed by atoms with Gasteiger partial charge in [-0.25, -0.2) is 4.98 Å². The van der Waals surface area contributed by atoms with Crippen molar-refractivity contribution in [3.05, 3.63) is 132 Å². The number of aryl methyl sites for hydroxylation is 1. The summed E-state index contributed by atoms with van der Waals surface area (Å²) in [6, 6.07) is 38.4. The predicted octanol–water partition coefficient (Wildman–Crippen LogP) is 8.20. The van der Waals surface area contributed by atoms with Crippen LogP contribution in [0.4, 0.5) is 0 Å². The third-order valence-corrected chi connectivity index (χ3v) is 7.06. The van der Waals surface area contributed by atoms with Crippen LogP contribution >= 0.6 is 0 Å². The summed E-state index contributed by atoms with van der Waals surface area (Å²) in [5.41, 5.74) is 6.07. The summed E-state index contributed by atoms with van der Waals surface area (Å²) >= 11 is 0. The average molecular weight is 475 g/mol. The Balaban J connectivity index is 1.40. The van der Waals surface area contributed by atoms with E-state index in [0.717, 1.165) is 36.5 Å². The van der Waals surface area contributed by atoms with Gasteiger partial charge in [0.25, 0.3) is 0 Å². The van der Waals surface area contributed by atoms with Gasteiger partial charge in [0.1, 0.15) is 11.6 Å². The highest BCUT2D eigenvalue weighted by Crippen LogP contribution is 2.33. The lowest BCUT2D eigenvalue weighted by atomic mass is 9.90. The number of hydrogen-bond donors (Lipinski definition) is 0. The van der Waals surface area contributed by atoms with Gasteiger partial charge in [0.05, 0.1) is 23.6 Å². The van der Waals surface area contributed by atoms with E-state index in [1.165, 1.54) is 22.2 Å². The van der Waals surface area contributed by atoms with Crippen LogP contribution in [-0.4, -0.2) is 16.2 Å². The molecule has 3 nitrogen and oxygen atoms in total. The molecular formula is C33H34N2O. The fraction of sp³-hybridized carbons (Fsp3) is 0.242. The fourth-order valence-electron chi connectivity index (χ4n) is 4.87. The van der Waals surface area contributed by atoms with Crippen LogP contribution in [0.3, 0.4) is 0 Å². The molecule has 0 bridgehead atoms. The summed E-state index contributed by atoms with van der Waals surface area (Å²) in [5, 5.41) is 0. The molecule has 0 aliphatic carbocycles. The van der Waals surface area contributed by atoms with Gasteiger partial charge in [-0.2, -0.15) is 0 Å². The van der Waals surface area contributed by atoms with Crippen molar-refractivity contribution in [3.63, 3.8) is 0 Å². The van der Waals surface area contributed by atoms with Crippen molar-refractivity contribution in [3.8, 4) is 5.75 Å². The topological polar surface area (TPSA) is 27.1 Å². The number of ether oxygens (including phenoxy) is 1. The van der Waals surface area contributed by atoms with E-state index < -0.39 is 0 Å². The Kier molecular flexibility index (Phi) is 7.47. The van der Waals surface area contributed by atoms with Gasteiger partial charge in [0, 0.05) is 6.54 Å². The second-order valence-corrected chi connectivity index (χ2v) is 9.45. The minimum Gasteiger partial charge on any atom is -0.494 e. The first kappa shape index (κ1) is 23.9. The van der Waals surface area contributed by atoms with Gasteiger partial charge < -0.3 is 9.30 Å². The van der Waals surface area contributed by atoms with Crippen LogP contribution in [0.15, 0.2) is 109 Å². The quantitative estimate of drug-likeness (QED) is 0.191. The van der Waals surface area contributed by atoms with Crippen molar-refractivity contribution in [2.75, 3.05) is 6.61 Å². The zero-order valence-electron chi connectivity index (χ0n) is 21.2. The average Bonchev–Trinajstić information content (AvgIpc) is 3.30. The van der Waals surface area contributed by atoms with Crippen molar-refractivity contribution >= 4 is 11.0 Å². The maximum Gasteiger partial charge on any atom is 0.121 e. The maximum absolute atomic E-state index is 6.12. The van der Waals surface area contributed by atoms with Crippen molar-refractivity contribution in [2.24, 2.45) is 0 Å². The Morgan fingerprint density at radius 3 is 1.97 bits per heavy atom. The van der Waals surface area contributed by atoms with Crippen molar-refractivity contribution in [1.82, 2.24) is 9.55 Å². The molecule has 4 aromatic carbocycles. The van der Waals surface area contributed by atoms with E-state index in [1.807, 2.05) is 0 Å². The van der Waals surface area contributed by atoms with E-state index in [1.54, 1.807) is 0 Å². The molecule has 0 aliphatic heterocycles. The molecular weight excluding hydrogens is 440 g/mol. The number of para-hydroxylation sites is 2. The van der Waals surface area contributed by atoms with Crippen LogP contribution in [0, 0.1) is 0 Å². The van der Waals surface area contributed by atoms with E-state index in [-0.39, 0.29) is 5.92 Å². The van der Waals surface area contributed by atoms with Gasteiger partial charge >= 0.3 is 0 Å². The molecule has 3 heteroatoms. The van der Waals surface area contributed by atoms with Crippen LogP contribution in [0.2, 0.25) is 0 Å². The summed E-state index contributed by atoms with van der Waals surface area (Å²) in [5.74, 6) is 2.65. The third-order valence-electron chi connectivity index (χ3n) is 7.06. The zero-order chi connectivity index (χ0) is 24.7. The fourth-order valence-corrected chi connectivity index (χ4v) is 4.87. The van der Waals surface area contributed by atoms with Crippen LogP contribution in [0.5, 0.6) is 5.75 Å². The van der Waals surface area contributed by atoms with E-state index in [9.17, 15) is 0 Å². The molecule has 0 saturated heterocycles. The minimum atomic E-state index is 0.0637. The van der Waals surface area contributed by atoms with Gasteiger partial charge in [-0.15, -0.1) is 0 Å². The van der Waals surface area contributed by atoms with E-state index in [2.05, 4.69) is 128 Å². The smallest absolute Gasteiger partial charge is 0.121 e. The van der Waals surface area contributed by atoms with Crippen LogP contribution in [-0.2, 0) is 6.54 Å². The van der Waals surface area contributed by atoms with Crippen molar-refractivity contribution in [2.45, 2.75) is 45.1 Å². The molecule has 5 rings (SSSR count). The second-order valence-electron chi connectivity index (χ2n) is 9.45. The number of benzene rings is 4. The van der Waals surface area contributed by atoms with Gasteiger partial charge in [0.15, 0.2) is 0 Å². The van der Waals surface area contributed by atoms with E-state index >= 15 is 0 Å². The van der Waals surface area contributed by atoms with Crippen LogP contribution in [0.1, 0.15) is 61.0 Å². The molecule has 5 aromatic rings. The molecule has 0 saturated carbocycles. The highest BCUT2D eigenvalue weighted by atomic mass is 16.5. The Morgan fingerprint density at radius 2 is 1.33 bits per heavy atom. The maximum atomic E-state index is 6.12. The summed E-state index contributed by atoms with van der Waals surface area (Å²) in [7, 11) is 0. The number of rotatable bonds is 10. The summed E-state index contributed by atoms with van der Waals surface area (Å²) in [6.45, 7) is 6.00. The molecule has 1 heterocycles. The van der Waals surface area contributed by atoms with Crippen molar-refractivity contribution in [1.29, 1.82) is 0 Å². The molecule has 1 atom stereocenters. The number of nitrogens with zero attached hydrogens (tertiary/aromatic N) is 2. The first-order valence-electron chi connectivity index (χ1n) is 13.0. The lowest BCUT2D eigenvalue weighted by molar-refractivity contribution is 0.301. The second kappa shape index (κ2) is 11.3.